The van der Waals surface area contributed by atoms with Crippen molar-refractivity contribution in [3.8, 4) is 5.75 Å². The van der Waals surface area contributed by atoms with Gasteiger partial charge in [0, 0.05) is 13.1 Å². The minimum atomic E-state index is -5.54. The van der Waals surface area contributed by atoms with Crippen molar-refractivity contribution in [1.82, 2.24) is 4.90 Å². The third kappa shape index (κ3) is 3.90. The van der Waals surface area contributed by atoms with Crippen molar-refractivity contribution in [2.75, 3.05) is 13.1 Å². The molecule has 1 aliphatic heterocycles. The summed E-state index contributed by atoms with van der Waals surface area (Å²) in [4.78, 5) is 13.1. The number of nitrogens with zero attached hydrogens (tertiary/aromatic N) is 1. The summed E-state index contributed by atoms with van der Waals surface area (Å²) in [5.74, 6) is -1.56. The predicted molar refractivity (Wildman–Crippen MR) is 92.4 cm³/mol. The van der Waals surface area contributed by atoms with Crippen LogP contribution in [0.1, 0.15) is 27.9 Å². The fourth-order valence-corrected chi connectivity index (χ4v) is 3.47. The highest BCUT2D eigenvalue weighted by molar-refractivity contribution is 5.97. The van der Waals surface area contributed by atoms with E-state index in [0.717, 1.165) is 5.56 Å². The zero-order valence-corrected chi connectivity index (χ0v) is 15.0. The molecule has 0 aromatic heterocycles. The molecule has 1 heterocycles. The molecule has 3 nitrogen and oxygen atoms in total. The van der Waals surface area contributed by atoms with Gasteiger partial charge in [0.05, 0.1) is 5.56 Å². The summed E-state index contributed by atoms with van der Waals surface area (Å²) >= 11 is 0. The molecule has 156 valence electrons. The third-order valence-corrected chi connectivity index (χ3v) is 5.18. The molecule has 0 spiro atoms. The Hall–Kier alpha value is -2.71. The minimum absolute atomic E-state index is 0.321. The van der Waals surface area contributed by atoms with Crippen LogP contribution >= 0.6 is 0 Å². The number of halogens is 6. The first kappa shape index (κ1) is 21.0. The molecule has 0 radical (unpaired) electrons. The standard InChI is InChI=1S/C20H17F6NO2/c21-19(22,23)18(20(24,25)26)8-9-27(12-18)17(29)15-11-14(6-7-16(15)28)10-13-4-2-1-3-5-13/h1-7,11,28H,8-10,12H2. The van der Waals surface area contributed by atoms with Gasteiger partial charge in [0.15, 0.2) is 5.41 Å². The average molecular weight is 417 g/mol. The number of carbonyl (C=O) groups is 1. The van der Waals surface area contributed by atoms with Crippen molar-refractivity contribution < 1.29 is 36.2 Å². The van der Waals surface area contributed by atoms with Gasteiger partial charge in [-0.1, -0.05) is 36.4 Å². The van der Waals surface area contributed by atoms with Gasteiger partial charge in [0.2, 0.25) is 0 Å². The van der Waals surface area contributed by atoms with E-state index in [1.165, 1.54) is 12.1 Å². The van der Waals surface area contributed by atoms with Gasteiger partial charge < -0.3 is 10.0 Å². The van der Waals surface area contributed by atoms with Gasteiger partial charge in [-0.25, -0.2) is 0 Å². The Labute approximate surface area is 162 Å². The number of phenolic OH excluding ortho intramolecular Hbond substituents is 1. The van der Waals surface area contributed by atoms with Crippen LogP contribution in [0.3, 0.4) is 0 Å². The first-order valence-electron chi connectivity index (χ1n) is 8.73. The van der Waals surface area contributed by atoms with E-state index >= 15 is 0 Å². The van der Waals surface area contributed by atoms with Crippen LogP contribution in [0, 0.1) is 5.41 Å². The van der Waals surface area contributed by atoms with Gasteiger partial charge in [0.1, 0.15) is 5.75 Å². The topological polar surface area (TPSA) is 40.5 Å². The SMILES string of the molecule is O=C(c1cc(Cc2ccccc2)ccc1O)N1CCC(C(F)(F)F)(C(F)(F)F)C1. The largest absolute Gasteiger partial charge is 0.507 e. The highest BCUT2D eigenvalue weighted by Crippen LogP contribution is 2.55. The first-order chi connectivity index (χ1) is 13.4. The number of hydrogen-bond acceptors (Lipinski definition) is 2. The predicted octanol–water partition coefficient (Wildman–Crippen LogP) is 4.94. The second-order valence-corrected chi connectivity index (χ2v) is 7.07. The quantitative estimate of drug-likeness (QED) is 0.719. The number of amides is 1. The van der Waals surface area contributed by atoms with Crippen LogP contribution in [0.25, 0.3) is 0 Å². The Morgan fingerprint density at radius 1 is 0.966 bits per heavy atom. The molecule has 1 amide bonds. The Morgan fingerprint density at radius 3 is 2.14 bits per heavy atom. The second kappa shape index (κ2) is 7.27. The molecule has 1 aliphatic rings. The molecule has 2 aromatic rings. The minimum Gasteiger partial charge on any atom is -0.507 e. The molecule has 1 saturated heterocycles. The van der Waals surface area contributed by atoms with E-state index < -0.39 is 48.9 Å². The summed E-state index contributed by atoms with van der Waals surface area (Å²) in [6.45, 7) is -2.23. The van der Waals surface area contributed by atoms with Crippen LogP contribution < -0.4 is 0 Å². The van der Waals surface area contributed by atoms with Crippen molar-refractivity contribution in [3.63, 3.8) is 0 Å². The number of aromatic hydroxyl groups is 1. The lowest BCUT2D eigenvalue weighted by atomic mass is 9.85. The van der Waals surface area contributed by atoms with Gasteiger partial charge in [0.25, 0.3) is 5.91 Å². The highest BCUT2D eigenvalue weighted by Gasteiger charge is 2.72. The normalized spacial score (nSPS) is 16.8. The number of likely N-dealkylation sites (tertiary alicyclic amines) is 1. The molecular weight excluding hydrogens is 400 g/mol. The highest BCUT2D eigenvalue weighted by atomic mass is 19.4. The smallest absolute Gasteiger partial charge is 0.404 e. The molecule has 9 heteroatoms. The van der Waals surface area contributed by atoms with Crippen molar-refractivity contribution in [2.45, 2.75) is 25.2 Å². The van der Waals surface area contributed by atoms with E-state index in [1.807, 2.05) is 18.2 Å². The van der Waals surface area contributed by atoms with Gasteiger partial charge >= 0.3 is 12.4 Å². The maximum atomic E-state index is 13.2. The molecule has 0 aliphatic carbocycles. The number of benzene rings is 2. The molecule has 1 fully saturated rings. The lowest BCUT2D eigenvalue weighted by Gasteiger charge is -2.33. The fraction of sp³-hybridized carbons (Fsp3) is 0.350. The number of carbonyl (C=O) groups excluding carboxylic acids is 1. The second-order valence-electron chi connectivity index (χ2n) is 7.07. The zero-order chi connectivity index (χ0) is 21.4. The van der Waals surface area contributed by atoms with E-state index in [9.17, 15) is 36.2 Å². The summed E-state index contributed by atoms with van der Waals surface area (Å²) in [5.41, 5.74) is -2.80. The Kier molecular flexibility index (Phi) is 5.27. The van der Waals surface area contributed by atoms with Crippen LogP contribution in [-0.2, 0) is 6.42 Å². The zero-order valence-electron chi connectivity index (χ0n) is 15.0. The van der Waals surface area contributed by atoms with Crippen LogP contribution in [0.2, 0.25) is 0 Å². The van der Waals surface area contributed by atoms with Gasteiger partial charge in [-0.2, -0.15) is 26.3 Å². The Morgan fingerprint density at radius 2 is 1.59 bits per heavy atom. The molecule has 0 saturated carbocycles. The lowest BCUT2D eigenvalue weighted by Crippen LogP contribution is -2.52. The van der Waals surface area contributed by atoms with Gasteiger partial charge in [-0.05, 0) is 36.1 Å². The van der Waals surface area contributed by atoms with Gasteiger partial charge in [-0.3, -0.25) is 4.79 Å². The third-order valence-electron chi connectivity index (χ3n) is 5.18. The summed E-state index contributed by atoms with van der Waals surface area (Å²) < 4.78 is 79.4. The molecule has 1 N–H and O–H groups in total. The molecule has 3 rings (SSSR count). The van der Waals surface area contributed by atoms with Crippen LogP contribution in [0.15, 0.2) is 48.5 Å². The monoisotopic (exact) mass is 417 g/mol. The summed E-state index contributed by atoms with van der Waals surface area (Å²) in [6, 6.07) is 13.1. The number of alkyl halides is 6. The first-order valence-corrected chi connectivity index (χ1v) is 8.73. The molecular formula is C20H17F6NO2. The fourth-order valence-electron chi connectivity index (χ4n) is 3.47. The van der Waals surface area contributed by atoms with E-state index in [4.69, 9.17) is 0 Å². The lowest BCUT2D eigenvalue weighted by molar-refractivity contribution is -0.334. The maximum absolute atomic E-state index is 13.2. The van der Waals surface area contributed by atoms with Crippen molar-refractivity contribution >= 4 is 5.91 Å². The van der Waals surface area contributed by atoms with E-state index in [2.05, 4.69) is 0 Å². The number of hydrogen-bond donors (Lipinski definition) is 1. The number of rotatable bonds is 3. The van der Waals surface area contributed by atoms with Crippen LogP contribution in [-0.4, -0.2) is 41.4 Å². The van der Waals surface area contributed by atoms with Crippen molar-refractivity contribution in [2.24, 2.45) is 5.41 Å². The average Bonchev–Trinajstić information content (AvgIpc) is 3.10. The molecule has 29 heavy (non-hydrogen) atoms. The van der Waals surface area contributed by atoms with Gasteiger partial charge in [-0.15, -0.1) is 0 Å². The van der Waals surface area contributed by atoms with Crippen molar-refractivity contribution in [3.05, 3.63) is 65.2 Å². The van der Waals surface area contributed by atoms with Crippen molar-refractivity contribution in [1.29, 1.82) is 0 Å². The Balaban J connectivity index is 1.86. The Bertz CT molecular complexity index is 878. The summed E-state index contributed by atoms with van der Waals surface area (Å²) in [6.07, 6.45) is -12.0. The summed E-state index contributed by atoms with van der Waals surface area (Å²) in [5, 5.41) is 9.99. The molecule has 0 bridgehead atoms. The number of phenols is 1. The molecule has 2 aromatic carbocycles. The van der Waals surface area contributed by atoms with E-state index in [0.29, 0.717) is 16.9 Å². The van der Waals surface area contributed by atoms with Crippen LogP contribution in [0.5, 0.6) is 5.75 Å². The maximum Gasteiger partial charge on any atom is 0.404 e. The van der Waals surface area contributed by atoms with Crippen LogP contribution in [0.4, 0.5) is 26.3 Å². The molecule has 0 atom stereocenters. The summed E-state index contributed by atoms with van der Waals surface area (Å²) in [7, 11) is 0. The van der Waals surface area contributed by atoms with E-state index in [1.54, 1.807) is 18.2 Å². The van der Waals surface area contributed by atoms with E-state index in [-0.39, 0.29) is 5.56 Å². The molecule has 0 unspecified atom stereocenters.